The molecule has 1 aliphatic rings. The Kier molecular flexibility index (Phi) is 4.44. The standard InChI is InChI=1S/C19H14ClN3OS/c20-15-4-2-1-3-13(15)18(24)14-11-17(12-5-8-21-9-6-12)25-19(14)16-7-10-22-23-16/h1-6,8-11,18,24H,7H2. The van der Waals surface area contributed by atoms with Gasteiger partial charge in [0.1, 0.15) is 6.10 Å². The van der Waals surface area contributed by atoms with E-state index in [0.29, 0.717) is 17.0 Å². The van der Waals surface area contributed by atoms with Gasteiger partial charge in [-0.25, -0.2) is 0 Å². The van der Waals surface area contributed by atoms with Crippen LogP contribution in [0.25, 0.3) is 10.4 Å². The summed E-state index contributed by atoms with van der Waals surface area (Å²) in [6.07, 6.45) is 5.13. The van der Waals surface area contributed by atoms with E-state index in [0.717, 1.165) is 26.6 Å². The lowest BCUT2D eigenvalue weighted by Gasteiger charge is -2.13. The lowest BCUT2D eigenvalue weighted by atomic mass is 9.99. The van der Waals surface area contributed by atoms with Gasteiger partial charge in [0.25, 0.3) is 0 Å². The van der Waals surface area contributed by atoms with Gasteiger partial charge in [0.15, 0.2) is 0 Å². The Balaban J connectivity index is 1.83. The van der Waals surface area contributed by atoms with Crippen molar-refractivity contribution in [3.63, 3.8) is 0 Å². The Morgan fingerprint density at radius 2 is 1.88 bits per heavy atom. The number of halogens is 1. The van der Waals surface area contributed by atoms with Crippen LogP contribution in [-0.2, 0) is 0 Å². The van der Waals surface area contributed by atoms with Gasteiger partial charge in [-0.15, -0.1) is 11.3 Å². The van der Waals surface area contributed by atoms with E-state index >= 15 is 0 Å². The Morgan fingerprint density at radius 1 is 1.08 bits per heavy atom. The van der Waals surface area contributed by atoms with Gasteiger partial charge in [0, 0.05) is 46.1 Å². The quantitative estimate of drug-likeness (QED) is 0.725. The first-order valence-corrected chi connectivity index (χ1v) is 8.99. The number of aromatic nitrogens is 1. The first-order chi connectivity index (χ1) is 12.2. The predicted octanol–water partition coefficient (Wildman–Crippen LogP) is 4.72. The number of rotatable bonds is 4. The minimum absolute atomic E-state index is 0.544. The Bertz CT molecular complexity index is 966. The second-order valence-electron chi connectivity index (χ2n) is 5.60. The van der Waals surface area contributed by atoms with Crippen molar-refractivity contribution in [1.82, 2.24) is 4.98 Å². The van der Waals surface area contributed by atoms with Gasteiger partial charge in [0.05, 0.1) is 10.6 Å². The van der Waals surface area contributed by atoms with E-state index in [1.54, 1.807) is 36.0 Å². The fraction of sp³-hybridized carbons (Fsp3) is 0.105. The molecule has 25 heavy (non-hydrogen) atoms. The lowest BCUT2D eigenvalue weighted by Crippen LogP contribution is -2.05. The number of benzene rings is 1. The molecule has 0 aliphatic carbocycles. The van der Waals surface area contributed by atoms with Crippen LogP contribution in [0.1, 0.15) is 28.5 Å². The maximum Gasteiger partial charge on any atom is 0.107 e. The highest BCUT2D eigenvalue weighted by Crippen LogP contribution is 2.39. The number of aliphatic hydroxyl groups is 1. The van der Waals surface area contributed by atoms with Crippen LogP contribution >= 0.6 is 22.9 Å². The zero-order valence-electron chi connectivity index (χ0n) is 13.1. The lowest BCUT2D eigenvalue weighted by molar-refractivity contribution is 0.221. The number of pyridine rings is 1. The molecule has 0 bridgehead atoms. The van der Waals surface area contributed by atoms with Crippen LogP contribution in [0.2, 0.25) is 5.02 Å². The molecule has 0 fully saturated rings. The Morgan fingerprint density at radius 3 is 2.60 bits per heavy atom. The third-order valence-corrected chi connectivity index (χ3v) is 5.62. The van der Waals surface area contributed by atoms with Gasteiger partial charge >= 0.3 is 0 Å². The molecule has 0 saturated carbocycles. The summed E-state index contributed by atoms with van der Waals surface area (Å²) in [5, 5.41) is 19.7. The van der Waals surface area contributed by atoms with Gasteiger partial charge in [-0.2, -0.15) is 10.2 Å². The second-order valence-corrected chi connectivity index (χ2v) is 7.06. The van der Waals surface area contributed by atoms with Crippen molar-refractivity contribution in [3.05, 3.63) is 75.9 Å². The molecule has 124 valence electrons. The molecule has 1 aromatic carbocycles. The zero-order valence-corrected chi connectivity index (χ0v) is 14.7. The Labute approximate surface area is 154 Å². The highest BCUT2D eigenvalue weighted by Gasteiger charge is 2.24. The summed E-state index contributed by atoms with van der Waals surface area (Å²) in [6, 6.07) is 13.3. The molecular weight excluding hydrogens is 354 g/mol. The Hall–Kier alpha value is -2.34. The van der Waals surface area contributed by atoms with Crippen LogP contribution in [0.5, 0.6) is 0 Å². The van der Waals surface area contributed by atoms with Crippen molar-refractivity contribution in [2.24, 2.45) is 10.2 Å². The number of nitrogens with zero attached hydrogens (tertiary/aromatic N) is 3. The third kappa shape index (κ3) is 3.14. The zero-order chi connectivity index (χ0) is 17.2. The van der Waals surface area contributed by atoms with Crippen LogP contribution in [-0.4, -0.2) is 22.0 Å². The molecule has 3 heterocycles. The van der Waals surface area contributed by atoms with Gasteiger partial charge < -0.3 is 5.11 Å². The van der Waals surface area contributed by atoms with Gasteiger partial charge in [-0.3, -0.25) is 4.98 Å². The van der Waals surface area contributed by atoms with Crippen LogP contribution < -0.4 is 0 Å². The molecular formula is C19H14ClN3OS. The number of aliphatic hydroxyl groups excluding tert-OH is 1. The highest BCUT2D eigenvalue weighted by atomic mass is 35.5. The fourth-order valence-corrected chi connectivity index (χ4v) is 4.20. The summed E-state index contributed by atoms with van der Waals surface area (Å²) >= 11 is 7.88. The van der Waals surface area contributed by atoms with E-state index in [1.807, 2.05) is 36.4 Å². The fourth-order valence-electron chi connectivity index (χ4n) is 2.77. The molecule has 0 amide bonds. The smallest absolute Gasteiger partial charge is 0.107 e. The third-order valence-electron chi connectivity index (χ3n) is 4.03. The molecule has 0 radical (unpaired) electrons. The first-order valence-electron chi connectivity index (χ1n) is 7.79. The van der Waals surface area contributed by atoms with Crippen LogP contribution in [0.15, 0.2) is 65.1 Å². The molecule has 4 nitrogen and oxygen atoms in total. The minimum Gasteiger partial charge on any atom is -0.384 e. The number of hydrogen-bond acceptors (Lipinski definition) is 5. The van der Waals surface area contributed by atoms with Gasteiger partial charge in [-0.05, 0) is 29.8 Å². The molecule has 1 atom stereocenters. The molecule has 4 rings (SSSR count). The SMILES string of the molecule is OC(c1ccccc1Cl)c1cc(-c2ccncc2)sc1C1=NN=CC1. The largest absolute Gasteiger partial charge is 0.384 e. The van der Waals surface area contributed by atoms with Crippen molar-refractivity contribution < 1.29 is 5.11 Å². The molecule has 0 saturated heterocycles. The molecule has 1 aliphatic heterocycles. The predicted molar refractivity (Wildman–Crippen MR) is 103 cm³/mol. The topological polar surface area (TPSA) is 57.8 Å². The number of hydrogen-bond donors (Lipinski definition) is 1. The van der Waals surface area contributed by atoms with Gasteiger partial charge in [0.2, 0.25) is 0 Å². The summed E-state index contributed by atoms with van der Waals surface area (Å²) in [5.74, 6) is 0. The van der Waals surface area contributed by atoms with Gasteiger partial charge in [-0.1, -0.05) is 29.8 Å². The second kappa shape index (κ2) is 6.88. The first kappa shape index (κ1) is 16.1. The average molecular weight is 368 g/mol. The van der Waals surface area contributed by atoms with Crippen molar-refractivity contribution in [1.29, 1.82) is 0 Å². The van der Waals surface area contributed by atoms with Crippen LogP contribution in [0, 0.1) is 0 Å². The summed E-state index contributed by atoms with van der Waals surface area (Å²) in [4.78, 5) is 6.06. The molecule has 1 unspecified atom stereocenters. The van der Waals surface area contributed by atoms with Crippen molar-refractivity contribution in [2.75, 3.05) is 0 Å². The average Bonchev–Trinajstić information content (AvgIpc) is 3.32. The minimum atomic E-state index is -0.821. The molecule has 0 spiro atoms. The van der Waals surface area contributed by atoms with E-state index in [2.05, 4.69) is 15.2 Å². The van der Waals surface area contributed by atoms with Crippen molar-refractivity contribution >= 4 is 34.9 Å². The molecule has 6 heteroatoms. The maximum absolute atomic E-state index is 11.0. The van der Waals surface area contributed by atoms with Crippen molar-refractivity contribution in [2.45, 2.75) is 12.5 Å². The summed E-state index contributed by atoms with van der Waals surface area (Å²) in [6.45, 7) is 0. The van der Waals surface area contributed by atoms with Crippen LogP contribution in [0.4, 0.5) is 0 Å². The normalized spacial score (nSPS) is 14.6. The molecule has 3 aromatic rings. The van der Waals surface area contributed by atoms with Crippen molar-refractivity contribution in [3.8, 4) is 10.4 Å². The van der Waals surface area contributed by atoms with Crippen LogP contribution in [0.3, 0.4) is 0 Å². The summed E-state index contributed by atoms with van der Waals surface area (Å²) < 4.78 is 0. The van der Waals surface area contributed by atoms with E-state index < -0.39 is 6.10 Å². The monoisotopic (exact) mass is 367 g/mol. The van der Waals surface area contributed by atoms with E-state index in [1.165, 1.54) is 0 Å². The number of thiophene rings is 1. The maximum atomic E-state index is 11.0. The molecule has 1 N–H and O–H groups in total. The summed E-state index contributed by atoms with van der Waals surface area (Å²) in [7, 11) is 0. The summed E-state index contributed by atoms with van der Waals surface area (Å²) in [5.41, 5.74) is 3.41. The van der Waals surface area contributed by atoms with E-state index in [4.69, 9.17) is 11.6 Å². The van der Waals surface area contributed by atoms with E-state index in [-0.39, 0.29) is 0 Å². The molecule has 2 aromatic heterocycles. The highest BCUT2D eigenvalue weighted by molar-refractivity contribution is 7.17. The van der Waals surface area contributed by atoms with E-state index in [9.17, 15) is 5.11 Å².